The van der Waals surface area contributed by atoms with Crippen LogP contribution >= 0.6 is 0 Å². The lowest BCUT2D eigenvalue weighted by atomic mass is 10.3. The highest BCUT2D eigenvalue weighted by molar-refractivity contribution is 6.05. The van der Waals surface area contributed by atoms with Gasteiger partial charge in [-0.3, -0.25) is 19.4 Å². The lowest BCUT2D eigenvalue weighted by Gasteiger charge is -2.30. The van der Waals surface area contributed by atoms with Crippen LogP contribution in [0.1, 0.15) is 6.42 Å². The lowest BCUT2D eigenvalue weighted by molar-refractivity contribution is -0.120. The van der Waals surface area contributed by atoms with Crippen LogP contribution in [0.5, 0.6) is 0 Å². The summed E-state index contributed by atoms with van der Waals surface area (Å²) >= 11 is 0. The number of hydrogen-bond acceptors (Lipinski definition) is 5. The average molecular weight is 314 g/mol. The Balaban J connectivity index is 1.72. The second-order valence-corrected chi connectivity index (χ2v) is 5.70. The van der Waals surface area contributed by atoms with Crippen LogP contribution in [-0.2, 0) is 4.79 Å². The number of nitrogens with one attached hydrogen (secondary N) is 2. The van der Waals surface area contributed by atoms with E-state index in [4.69, 9.17) is 0 Å². The van der Waals surface area contributed by atoms with Crippen LogP contribution in [0.15, 0.2) is 24.5 Å². The van der Waals surface area contributed by atoms with E-state index >= 15 is 0 Å². The number of anilines is 2. The Hall–Kier alpha value is -2.61. The van der Waals surface area contributed by atoms with Crippen molar-refractivity contribution < 1.29 is 9.59 Å². The molecule has 2 saturated heterocycles. The largest absolute Gasteiger partial charge is 0.366 e. The number of imide groups is 1. The van der Waals surface area contributed by atoms with Crippen molar-refractivity contribution in [2.45, 2.75) is 6.42 Å². The van der Waals surface area contributed by atoms with Crippen molar-refractivity contribution >= 4 is 29.1 Å². The zero-order chi connectivity index (χ0) is 15.8. The molecule has 2 N–H and O–H groups in total. The molecule has 8 nitrogen and oxygen atoms in total. The van der Waals surface area contributed by atoms with E-state index in [0.717, 1.165) is 37.5 Å². The van der Waals surface area contributed by atoms with Gasteiger partial charge in [-0.1, -0.05) is 0 Å². The van der Waals surface area contributed by atoms with Gasteiger partial charge in [0.1, 0.15) is 5.82 Å². The third-order valence-corrected chi connectivity index (χ3v) is 4.28. The van der Waals surface area contributed by atoms with Crippen LogP contribution in [0.3, 0.4) is 0 Å². The van der Waals surface area contributed by atoms with E-state index in [1.807, 2.05) is 16.7 Å². The number of imidazole rings is 1. The topological polar surface area (TPSA) is 82.0 Å². The molecule has 4 rings (SSSR count). The van der Waals surface area contributed by atoms with Gasteiger partial charge < -0.3 is 10.2 Å². The summed E-state index contributed by atoms with van der Waals surface area (Å²) in [5.74, 6) is 0.448. The number of rotatable bonds is 2. The van der Waals surface area contributed by atoms with Gasteiger partial charge >= 0.3 is 6.03 Å². The van der Waals surface area contributed by atoms with Gasteiger partial charge in [-0.15, -0.1) is 0 Å². The number of nitrogens with zero attached hydrogens (tertiary/aromatic N) is 4. The first-order valence-corrected chi connectivity index (χ1v) is 7.77. The first-order chi connectivity index (χ1) is 11.2. The minimum atomic E-state index is -0.393. The van der Waals surface area contributed by atoms with E-state index in [1.165, 1.54) is 0 Å². The molecule has 2 aromatic heterocycles. The molecule has 0 aliphatic carbocycles. The Kier molecular flexibility index (Phi) is 3.38. The van der Waals surface area contributed by atoms with Gasteiger partial charge in [0.2, 0.25) is 5.91 Å². The summed E-state index contributed by atoms with van der Waals surface area (Å²) in [7, 11) is 0. The predicted molar refractivity (Wildman–Crippen MR) is 85.8 cm³/mol. The smallest absolute Gasteiger partial charge is 0.329 e. The molecule has 2 fully saturated rings. The Labute approximate surface area is 133 Å². The van der Waals surface area contributed by atoms with Crippen molar-refractivity contribution in [2.75, 3.05) is 42.5 Å². The second-order valence-electron chi connectivity index (χ2n) is 5.70. The molecule has 8 heteroatoms. The summed E-state index contributed by atoms with van der Waals surface area (Å²) in [5.41, 5.74) is 1.89. The molecule has 0 aromatic carbocycles. The summed E-state index contributed by atoms with van der Waals surface area (Å²) < 4.78 is 1.91. The maximum atomic E-state index is 12.1. The first-order valence-electron chi connectivity index (χ1n) is 7.77. The summed E-state index contributed by atoms with van der Waals surface area (Å²) in [5, 5.41) is 5.69. The number of piperazine rings is 1. The van der Waals surface area contributed by atoms with Crippen molar-refractivity contribution in [3.8, 4) is 0 Å². The molecular weight excluding hydrogens is 296 g/mol. The molecule has 0 unspecified atom stereocenters. The van der Waals surface area contributed by atoms with Gasteiger partial charge in [-0.05, 0) is 12.1 Å². The molecule has 3 amide bonds. The average Bonchev–Trinajstić information content (AvgIpc) is 2.99. The van der Waals surface area contributed by atoms with Crippen molar-refractivity contribution in [1.29, 1.82) is 0 Å². The molecule has 2 aliphatic rings. The molecule has 2 aliphatic heterocycles. The third-order valence-electron chi connectivity index (χ3n) is 4.28. The van der Waals surface area contributed by atoms with Gasteiger partial charge in [0, 0.05) is 45.3 Å². The van der Waals surface area contributed by atoms with Crippen molar-refractivity contribution in [3.63, 3.8) is 0 Å². The number of hydrogen-bond donors (Lipinski definition) is 2. The standard InChI is InChI=1S/C15H18N6O2/c22-12-3-7-21(15(23)18-12)13-10-17-14-11(2-1-6-20(13)14)19-8-4-16-5-9-19/h1-2,6,10,16H,3-5,7-9H2,(H,18,22,23). The zero-order valence-electron chi connectivity index (χ0n) is 12.7. The monoisotopic (exact) mass is 314 g/mol. The van der Waals surface area contributed by atoms with Crippen LogP contribution in [0.2, 0.25) is 0 Å². The van der Waals surface area contributed by atoms with Gasteiger partial charge in [-0.2, -0.15) is 0 Å². The Morgan fingerprint density at radius 2 is 1.96 bits per heavy atom. The quantitative estimate of drug-likeness (QED) is 0.827. The molecule has 4 heterocycles. The van der Waals surface area contributed by atoms with E-state index in [2.05, 4.69) is 26.6 Å². The fourth-order valence-corrected chi connectivity index (χ4v) is 3.12. The number of fused-ring (bicyclic) bond motifs is 1. The molecule has 0 spiro atoms. The van der Waals surface area contributed by atoms with Gasteiger partial charge in [0.15, 0.2) is 5.65 Å². The summed E-state index contributed by atoms with van der Waals surface area (Å²) in [4.78, 5) is 31.8. The van der Waals surface area contributed by atoms with Crippen LogP contribution in [-0.4, -0.2) is 54.0 Å². The van der Waals surface area contributed by atoms with Crippen molar-refractivity contribution in [1.82, 2.24) is 20.0 Å². The number of carbonyl (C=O) groups excluding carboxylic acids is 2. The van der Waals surface area contributed by atoms with E-state index in [0.29, 0.717) is 18.8 Å². The van der Waals surface area contributed by atoms with Gasteiger partial charge in [0.25, 0.3) is 0 Å². The number of urea groups is 1. The van der Waals surface area contributed by atoms with Crippen LogP contribution < -0.4 is 20.4 Å². The zero-order valence-corrected chi connectivity index (χ0v) is 12.7. The Bertz CT molecular complexity index is 764. The SMILES string of the molecule is O=C1CCN(c2cnc3c(N4CCNCC4)cccn23)C(=O)N1. The second kappa shape index (κ2) is 5.54. The number of aromatic nitrogens is 2. The lowest BCUT2D eigenvalue weighted by Crippen LogP contribution is -2.50. The molecule has 0 radical (unpaired) electrons. The van der Waals surface area contributed by atoms with E-state index in [1.54, 1.807) is 11.1 Å². The summed E-state index contributed by atoms with van der Waals surface area (Å²) in [6.45, 7) is 4.13. The Morgan fingerprint density at radius 3 is 2.74 bits per heavy atom. The van der Waals surface area contributed by atoms with Crippen LogP contribution in [0.4, 0.5) is 16.3 Å². The minimum absolute atomic E-state index is 0.235. The predicted octanol–water partition coefficient (Wildman–Crippen LogP) is 0.190. The third kappa shape index (κ3) is 2.40. The molecule has 2 aromatic rings. The van der Waals surface area contributed by atoms with Crippen molar-refractivity contribution in [3.05, 3.63) is 24.5 Å². The van der Waals surface area contributed by atoms with E-state index < -0.39 is 6.03 Å². The molecule has 0 bridgehead atoms. The number of carbonyl (C=O) groups is 2. The number of amides is 3. The highest BCUT2D eigenvalue weighted by atomic mass is 16.2. The van der Waals surface area contributed by atoms with Crippen LogP contribution in [0.25, 0.3) is 5.65 Å². The highest BCUT2D eigenvalue weighted by Crippen LogP contribution is 2.26. The minimum Gasteiger partial charge on any atom is -0.366 e. The fourth-order valence-electron chi connectivity index (χ4n) is 3.12. The molecular formula is C15H18N6O2. The molecule has 23 heavy (non-hydrogen) atoms. The maximum Gasteiger partial charge on any atom is 0.329 e. The first kappa shape index (κ1) is 14.0. The summed E-state index contributed by atoms with van der Waals surface area (Å²) in [6.07, 6.45) is 3.89. The number of pyridine rings is 1. The Morgan fingerprint density at radius 1 is 1.13 bits per heavy atom. The van der Waals surface area contributed by atoms with Crippen molar-refractivity contribution in [2.24, 2.45) is 0 Å². The molecule has 120 valence electrons. The van der Waals surface area contributed by atoms with E-state index in [-0.39, 0.29) is 5.91 Å². The van der Waals surface area contributed by atoms with Gasteiger partial charge in [-0.25, -0.2) is 9.78 Å². The normalized spacial score (nSPS) is 19.3. The highest BCUT2D eigenvalue weighted by Gasteiger charge is 2.27. The molecule has 0 atom stereocenters. The molecule has 0 saturated carbocycles. The van der Waals surface area contributed by atoms with E-state index in [9.17, 15) is 9.59 Å². The van der Waals surface area contributed by atoms with Crippen LogP contribution in [0, 0.1) is 0 Å². The fraction of sp³-hybridized carbons (Fsp3) is 0.400. The van der Waals surface area contributed by atoms with Gasteiger partial charge in [0.05, 0.1) is 11.9 Å². The maximum absolute atomic E-state index is 12.1. The summed E-state index contributed by atoms with van der Waals surface area (Å²) in [6, 6.07) is 3.62.